The van der Waals surface area contributed by atoms with Crippen LogP contribution in [0.1, 0.15) is 17.0 Å². The van der Waals surface area contributed by atoms with Crippen LogP contribution in [0.2, 0.25) is 0 Å². The van der Waals surface area contributed by atoms with Gasteiger partial charge >= 0.3 is 12.1 Å². The summed E-state index contributed by atoms with van der Waals surface area (Å²) in [5.74, 6) is -2.38. The number of carboxylic acid groups (broad SMARTS) is 1. The Bertz CT molecular complexity index is 930. The molecule has 156 valence electrons. The molecule has 3 N–H and O–H groups in total. The lowest BCUT2D eigenvalue weighted by Crippen LogP contribution is -2.46. The van der Waals surface area contributed by atoms with Gasteiger partial charge in [0.15, 0.2) is 0 Å². The molecule has 2 unspecified atom stereocenters. The van der Waals surface area contributed by atoms with Gasteiger partial charge in [-0.3, -0.25) is 9.59 Å². The SMILES string of the molecule is O=C(CNC(=O)OCC1c2ccccc2-c2ccccc21)NC1COCC1C(=O)O. The van der Waals surface area contributed by atoms with Gasteiger partial charge in [-0.1, -0.05) is 48.5 Å². The number of aliphatic carboxylic acids is 1. The van der Waals surface area contributed by atoms with Gasteiger partial charge in [0.25, 0.3) is 0 Å². The van der Waals surface area contributed by atoms with E-state index in [0.29, 0.717) is 0 Å². The van der Waals surface area contributed by atoms with Crippen molar-refractivity contribution in [2.75, 3.05) is 26.4 Å². The Morgan fingerprint density at radius 2 is 1.63 bits per heavy atom. The Labute approximate surface area is 173 Å². The van der Waals surface area contributed by atoms with Crippen LogP contribution in [0.4, 0.5) is 4.79 Å². The van der Waals surface area contributed by atoms with Crippen molar-refractivity contribution in [3.8, 4) is 11.1 Å². The molecule has 0 spiro atoms. The number of hydrogen-bond donors (Lipinski definition) is 3. The summed E-state index contributed by atoms with van der Waals surface area (Å²) in [7, 11) is 0. The largest absolute Gasteiger partial charge is 0.481 e. The normalized spacial score (nSPS) is 19.6. The molecule has 1 aliphatic carbocycles. The highest BCUT2D eigenvalue weighted by Crippen LogP contribution is 2.44. The molecule has 30 heavy (non-hydrogen) atoms. The molecule has 2 aliphatic rings. The van der Waals surface area contributed by atoms with Crippen molar-refractivity contribution in [3.63, 3.8) is 0 Å². The van der Waals surface area contributed by atoms with E-state index in [1.165, 1.54) is 0 Å². The van der Waals surface area contributed by atoms with E-state index >= 15 is 0 Å². The van der Waals surface area contributed by atoms with Crippen molar-refractivity contribution in [3.05, 3.63) is 59.7 Å². The van der Waals surface area contributed by atoms with Crippen molar-refractivity contribution in [2.45, 2.75) is 12.0 Å². The minimum Gasteiger partial charge on any atom is -0.481 e. The first-order valence-electron chi connectivity index (χ1n) is 9.73. The van der Waals surface area contributed by atoms with Gasteiger partial charge in [-0.05, 0) is 22.3 Å². The molecular weight excluding hydrogens is 388 g/mol. The van der Waals surface area contributed by atoms with E-state index in [9.17, 15) is 14.4 Å². The minimum absolute atomic E-state index is 0.0556. The first-order chi connectivity index (χ1) is 14.5. The Balaban J connectivity index is 1.29. The molecular formula is C22H22N2O6. The average Bonchev–Trinajstić information content (AvgIpc) is 3.33. The van der Waals surface area contributed by atoms with Crippen molar-refractivity contribution in [1.29, 1.82) is 0 Å². The Kier molecular flexibility index (Phi) is 5.67. The second kappa shape index (κ2) is 8.54. The topological polar surface area (TPSA) is 114 Å². The lowest BCUT2D eigenvalue weighted by atomic mass is 9.98. The predicted octanol–water partition coefficient (Wildman–Crippen LogP) is 1.74. The van der Waals surface area contributed by atoms with Gasteiger partial charge in [-0.25, -0.2) is 4.79 Å². The van der Waals surface area contributed by atoms with Crippen LogP contribution in [0.15, 0.2) is 48.5 Å². The summed E-state index contributed by atoms with van der Waals surface area (Å²) < 4.78 is 10.5. The van der Waals surface area contributed by atoms with Crippen LogP contribution in [0.5, 0.6) is 0 Å². The highest BCUT2D eigenvalue weighted by molar-refractivity contribution is 5.83. The van der Waals surface area contributed by atoms with Crippen molar-refractivity contribution < 1.29 is 29.0 Å². The second-order valence-electron chi connectivity index (χ2n) is 7.34. The third-order valence-electron chi connectivity index (χ3n) is 5.48. The van der Waals surface area contributed by atoms with Crippen LogP contribution >= 0.6 is 0 Å². The van der Waals surface area contributed by atoms with Gasteiger partial charge in [0, 0.05) is 5.92 Å². The van der Waals surface area contributed by atoms with Crippen molar-refractivity contribution >= 4 is 18.0 Å². The van der Waals surface area contributed by atoms with Crippen LogP contribution in [0, 0.1) is 5.92 Å². The molecule has 0 aromatic heterocycles. The molecule has 2 atom stereocenters. The van der Waals surface area contributed by atoms with E-state index in [1.807, 2.05) is 36.4 Å². The summed E-state index contributed by atoms with van der Waals surface area (Å²) in [4.78, 5) is 35.3. The first kappa shape index (κ1) is 19.9. The predicted molar refractivity (Wildman–Crippen MR) is 107 cm³/mol. The average molecular weight is 410 g/mol. The molecule has 8 heteroatoms. The van der Waals surface area contributed by atoms with Crippen LogP contribution in [-0.2, 0) is 19.1 Å². The van der Waals surface area contributed by atoms with Gasteiger partial charge in [-0.15, -0.1) is 0 Å². The Morgan fingerprint density at radius 3 is 2.27 bits per heavy atom. The zero-order valence-corrected chi connectivity index (χ0v) is 16.2. The summed E-state index contributed by atoms with van der Waals surface area (Å²) >= 11 is 0. The Morgan fingerprint density at radius 1 is 1.00 bits per heavy atom. The van der Waals surface area contributed by atoms with Gasteiger partial charge < -0.3 is 25.2 Å². The number of carbonyl (C=O) groups is 3. The van der Waals surface area contributed by atoms with Gasteiger partial charge in [-0.2, -0.15) is 0 Å². The van der Waals surface area contributed by atoms with Crippen molar-refractivity contribution in [2.24, 2.45) is 5.92 Å². The number of benzene rings is 2. The smallest absolute Gasteiger partial charge is 0.407 e. The standard InChI is InChI=1S/C22H22N2O6/c25-20(24-19-12-29-10-18(19)21(26)27)9-23-22(28)30-11-17-15-7-3-1-5-13(15)14-6-2-4-8-16(14)17/h1-8,17-19H,9-12H2,(H,23,28)(H,24,25)(H,26,27). The molecule has 1 aliphatic heterocycles. The van der Waals surface area contributed by atoms with Crippen LogP contribution in [-0.4, -0.2) is 55.5 Å². The molecule has 2 amide bonds. The number of carbonyl (C=O) groups excluding carboxylic acids is 2. The van der Waals surface area contributed by atoms with E-state index in [-0.39, 0.29) is 32.3 Å². The number of hydrogen-bond acceptors (Lipinski definition) is 5. The molecule has 1 saturated heterocycles. The van der Waals surface area contributed by atoms with Gasteiger partial charge in [0.1, 0.15) is 19.1 Å². The maximum atomic E-state index is 12.1. The van der Waals surface area contributed by atoms with E-state index < -0.39 is 29.9 Å². The summed E-state index contributed by atoms with van der Waals surface area (Å²) in [6.07, 6.45) is -0.704. The number of amides is 2. The van der Waals surface area contributed by atoms with Crippen LogP contribution in [0.25, 0.3) is 11.1 Å². The molecule has 2 aromatic carbocycles. The highest BCUT2D eigenvalue weighted by atomic mass is 16.5. The Hall–Kier alpha value is -3.39. The number of alkyl carbamates (subject to hydrolysis) is 1. The lowest BCUT2D eigenvalue weighted by Gasteiger charge is -2.16. The highest BCUT2D eigenvalue weighted by Gasteiger charge is 2.35. The first-order valence-corrected chi connectivity index (χ1v) is 9.73. The van der Waals surface area contributed by atoms with Gasteiger partial charge in [0.05, 0.1) is 19.3 Å². The number of carboxylic acids is 1. The zero-order chi connectivity index (χ0) is 21.1. The fourth-order valence-corrected chi connectivity index (χ4v) is 4.00. The van der Waals surface area contributed by atoms with E-state index in [2.05, 4.69) is 22.8 Å². The van der Waals surface area contributed by atoms with Crippen LogP contribution < -0.4 is 10.6 Å². The molecule has 8 nitrogen and oxygen atoms in total. The van der Waals surface area contributed by atoms with Gasteiger partial charge in [0.2, 0.25) is 5.91 Å². The molecule has 1 heterocycles. The summed E-state index contributed by atoms with van der Waals surface area (Å²) in [5, 5.41) is 14.1. The minimum atomic E-state index is -1.03. The number of ether oxygens (including phenoxy) is 2. The molecule has 4 rings (SSSR count). The van der Waals surface area contributed by atoms with E-state index in [4.69, 9.17) is 14.6 Å². The summed E-state index contributed by atoms with van der Waals surface area (Å²) in [6, 6.07) is 15.4. The van der Waals surface area contributed by atoms with Crippen molar-refractivity contribution in [1.82, 2.24) is 10.6 Å². The number of nitrogens with one attached hydrogen (secondary N) is 2. The summed E-state index contributed by atoms with van der Waals surface area (Å²) in [5.41, 5.74) is 4.47. The maximum absolute atomic E-state index is 12.1. The molecule has 0 radical (unpaired) electrons. The third-order valence-corrected chi connectivity index (χ3v) is 5.48. The number of fused-ring (bicyclic) bond motifs is 3. The fraction of sp³-hybridized carbons (Fsp3) is 0.318. The lowest BCUT2D eigenvalue weighted by molar-refractivity contribution is -0.142. The third kappa shape index (κ3) is 3.99. The summed E-state index contributed by atoms with van der Waals surface area (Å²) in [6.45, 7) is 0.0340. The quantitative estimate of drug-likeness (QED) is 0.669. The zero-order valence-electron chi connectivity index (χ0n) is 16.2. The molecule has 0 bridgehead atoms. The van der Waals surface area contributed by atoms with Crippen LogP contribution in [0.3, 0.4) is 0 Å². The maximum Gasteiger partial charge on any atom is 0.407 e. The van der Waals surface area contributed by atoms with E-state index in [1.54, 1.807) is 0 Å². The molecule has 1 fully saturated rings. The van der Waals surface area contributed by atoms with E-state index in [0.717, 1.165) is 22.3 Å². The second-order valence-corrected chi connectivity index (χ2v) is 7.34. The molecule has 2 aromatic rings. The molecule has 0 saturated carbocycles. The number of rotatable bonds is 6. The fourth-order valence-electron chi connectivity index (χ4n) is 4.00. The monoisotopic (exact) mass is 410 g/mol.